The molecule has 68 valence electrons. The van der Waals surface area contributed by atoms with Gasteiger partial charge in [-0.1, -0.05) is 24.3 Å². The summed E-state index contributed by atoms with van der Waals surface area (Å²) in [7, 11) is 0. The molecule has 0 saturated carbocycles. The second-order valence-corrected chi connectivity index (χ2v) is 3.12. The van der Waals surface area contributed by atoms with Gasteiger partial charge < -0.3 is 0 Å². The first-order valence-corrected chi connectivity index (χ1v) is 4.60. The second kappa shape index (κ2) is 4.05. The summed E-state index contributed by atoms with van der Waals surface area (Å²) in [4.78, 5) is 4.28. The smallest absolute Gasteiger partial charge is 0.0702 e. The molecule has 2 radical (unpaired) electrons. The average Bonchev–Trinajstić information content (AvgIpc) is 2.30. The molecule has 2 aromatic rings. The third-order valence-electron chi connectivity index (χ3n) is 2.12. The van der Waals surface area contributed by atoms with Crippen molar-refractivity contribution in [1.82, 2.24) is 4.98 Å². The van der Waals surface area contributed by atoms with Gasteiger partial charge in [0.05, 0.1) is 5.69 Å². The standard InChI is InChI=1S/C13H11N/c1-2-11-6-5-7-12(10-11)13-8-3-4-9-14-13/h1,3-10H,2H2. The third-order valence-corrected chi connectivity index (χ3v) is 2.12. The number of aromatic nitrogens is 1. The molecule has 1 heteroatoms. The summed E-state index contributed by atoms with van der Waals surface area (Å²) in [5.41, 5.74) is 3.24. The molecule has 0 saturated heterocycles. The number of rotatable bonds is 2. The molecule has 0 unspecified atom stereocenters. The molecule has 1 aromatic carbocycles. The summed E-state index contributed by atoms with van der Waals surface area (Å²) >= 11 is 0. The van der Waals surface area contributed by atoms with Crippen LogP contribution in [-0.4, -0.2) is 4.98 Å². The first-order valence-electron chi connectivity index (χ1n) is 4.60. The molecular formula is C13H11N. The Morgan fingerprint density at radius 1 is 1.07 bits per heavy atom. The summed E-state index contributed by atoms with van der Waals surface area (Å²) in [6, 6.07) is 14.0. The SMILES string of the molecule is [CH]Cc1cccc(-c2ccccn2)c1. The summed E-state index contributed by atoms with van der Waals surface area (Å²) in [5.74, 6) is 0. The predicted octanol–water partition coefficient (Wildman–Crippen LogP) is 3.00. The maximum atomic E-state index is 5.58. The van der Waals surface area contributed by atoms with E-state index in [1.54, 1.807) is 6.20 Å². The van der Waals surface area contributed by atoms with Crippen molar-refractivity contribution < 1.29 is 0 Å². The Labute approximate surface area is 84.4 Å². The molecule has 0 amide bonds. The van der Waals surface area contributed by atoms with E-state index in [1.165, 1.54) is 0 Å². The molecule has 0 aliphatic heterocycles. The fourth-order valence-corrected chi connectivity index (χ4v) is 1.39. The van der Waals surface area contributed by atoms with Gasteiger partial charge in [0.25, 0.3) is 0 Å². The van der Waals surface area contributed by atoms with Crippen molar-refractivity contribution in [3.05, 3.63) is 61.1 Å². The van der Waals surface area contributed by atoms with Crippen LogP contribution in [0.4, 0.5) is 0 Å². The fourth-order valence-electron chi connectivity index (χ4n) is 1.39. The Balaban J connectivity index is 2.42. The van der Waals surface area contributed by atoms with E-state index in [9.17, 15) is 0 Å². The van der Waals surface area contributed by atoms with E-state index in [0.29, 0.717) is 6.42 Å². The summed E-state index contributed by atoms with van der Waals surface area (Å²) in [5, 5.41) is 0. The zero-order valence-electron chi connectivity index (χ0n) is 7.85. The fraction of sp³-hybridized carbons (Fsp3) is 0.0769. The Kier molecular flexibility index (Phi) is 2.59. The van der Waals surface area contributed by atoms with E-state index < -0.39 is 0 Å². The van der Waals surface area contributed by atoms with Gasteiger partial charge in [0.1, 0.15) is 0 Å². The minimum atomic E-state index is 0.570. The topological polar surface area (TPSA) is 12.9 Å². The normalized spacial score (nSPS) is 10.1. The van der Waals surface area contributed by atoms with Crippen LogP contribution in [0, 0.1) is 6.92 Å². The molecule has 0 aliphatic rings. The molecule has 14 heavy (non-hydrogen) atoms. The van der Waals surface area contributed by atoms with Crippen LogP contribution in [0.25, 0.3) is 11.3 Å². The molecule has 0 fully saturated rings. The molecule has 0 atom stereocenters. The summed E-state index contributed by atoms with van der Waals surface area (Å²) < 4.78 is 0. The van der Waals surface area contributed by atoms with Gasteiger partial charge in [0.15, 0.2) is 0 Å². The minimum Gasteiger partial charge on any atom is -0.256 e. The van der Waals surface area contributed by atoms with Crippen LogP contribution in [0.15, 0.2) is 48.7 Å². The van der Waals surface area contributed by atoms with Gasteiger partial charge in [-0.2, -0.15) is 0 Å². The van der Waals surface area contributed by atoms with Crippen molar-refractivity contribution in [2.45, 2.75) is 6.42 Å². The highest BCUT2D eigenvalue weighted by molar-refractivity contribution is 5.59. The molecular weight excluding hydrogens is 170 g/mol. The zero-order chi connectivity index (χ0) is 9.80. The van der Waals surface area contributed by atoms with Crippen LogP contribution in [0.1, 0.15) is 5.56 Å². The van der Waals surface area contributed by atoms with E-state index in [1.807, 2.05) is 36.4 Å². The zero-order valence-corrected chi connectivity index (χ0v) is 7.85. The van der Waals surface area contributed by atoms with E-state index in [-0.39, 0.29) is 0 Å². The van der Waals surface area contributed by atoms with Crippen LogP contribution < -0.4 is 0 Å². The van der Waals surface area contributed by atoms with Crippen molar-refractivity contribution in [3.63, 3.8) is 0 Å². The van der Waals surface area contributed by atoms with Gasteiger partial charge in [-0.15, -0.1) is 0 Å². The average molecular weight is 181 g/mol. The third kappa shape index (κ3) is 1.82. The second-order valence-electron chi connectivity index (χ2n) is 3.12. The van der Waals surface area contributed by atoms with Crippen LogP contribution >= 0.6 is 0 Å². The van der Waals surface area contributed by atoms with Crippen molar-refractivity contribution in [3.8, 4) is 11.3 Å². The molecule has 1 heterocycles. The molecule has 0 aliphatic carbocycles. The molecule has 0 N–H and O–H groups in total. The monoisotopic (exact) mass is 181 g/mol. The van der Waals surface area contributed by atoms with Crippen LogP contribution in [0.5, 0.6) is 0 Å². The van der Waals surface area contributed by atoms with Gasteiger partial charge >= 0.3 is 0 Å². The predicted molar refractivity (Wildman–Crippen MR) is 57.7 cm³/mol. The summed E-state index contributed by atoms with van der Waals surface area (Å²) in [6.45, 7) is 5.58. The van der Waals surface area contributed by atoms with Gasteiger partial charge in [0, 0.05) is 11.8 Å². The number of hydrogen-bond donors (Lipinski definition) is 0. The quantitative estimate of drug-likeness (QED) is 0.694. The molecule has 2 rings (SSSR count). The summed E-state index contributed by atoms with van der Waals surface area (Å²) in [6.07, 6.45) is 2.37. The number of nitrogens with zero attached hydrogens (tertiary/aromatic N) is 1. The molecule has 1 aromatic heterocycles. The lowest BCUT2D eigenvalue weighted by molar-refractivity contribution is 1.26. The lowest BCUT2D eigenvalue weighted by Crippen LogP contribution is -1.84. The van der Waals surface area contributed by atoms with Crippen molar-refractivity contribution in [1.29, 1.82) is 0 Å². The van der Waals surface area contributed by atoms with E-state index in [0.717, 1.165) is 16.8 Å². The Hall–Kier alpha value is -1.63. The minimum absolute atomic E-state index is 0.570. The van der Waals surface area contributed by atoms with Gasteiger partial charge in [0.2, 0.25) is 0 Å². The number of pyridine rings is 1. The van der Waals surface area contributed by atoms with Crippen LogP contribution in [0.2, 0.25) is 0 Å². The Morgan fingerprint density at radius 3 is 2.71 bits per heavy atom. The lowest BCUT2D eigenvalue weighted by atomic mass is 10.1. The maximum absolute atomic E-state index is 5.58. The first-order chi connectivity index (χ1) is 6.90. The van der Waals surface area contributed by atoms with Gasteiger partial charge in [-0.05, 0) is 37.1 Å². The largest absolute Gasteiger partial charge is 0.256 e. The van der Waals surface area contributed by atoms with Crippen LogP contribution in [0.3, 0.4) is 0 Å². The lowest BCUT2D eigenvalue weighted by Gasteiger charge is -2.02. The Morgan fingerprint density at radius 2 is 2.00 bits per heavy atom. The maximum Gasteiger partial charge on any atom is 0.0702 e. The number of benzene rings is 1. The first kappa shape index (κ1) is 8.95. The van der Waals surface area contributed by atoms with E-state index >= 15 is 0 Å². The highest BCUT2D eigenvalue weighted by Crippen LogP contribution is 2.17. The van der Waals surface area contributed by atoms with Crippen molar-refractivity contribution in [2.75, 3.05) is 0 Å². The number of hydrogen-bond acceptors (Lipinski definition) is 1. The molecule has 0 bridgehead atoms. The van der Waals surface area contributed by atoms with E-state index in [4.69, 9.17) is 6.92 Å². The van der Waals surface area contributed by atoms with Gasteiger partial charge in [-0.25, -0.2) is 0 Å². The van der Waals surface area contributed by atoms with Gasteiger partial charge in [-0.3, -0.25) is 4.98 Å². The van der Waals surface area contributed by atoms with Crippen molar-refractivity contribution in [2.24, 2.45) is 0 Å². The Bertz CT molecular complexity index is 407. The molecule has 0 spiro atoms. The molecule has 1 nitrogen and oxygen atoms in total. The highest BCUT2D eigenvalue weighted by atomic mass is 14.7. The van der Waals surface area contributed by atoms with Crippen LogP contribution in [-0.2, 0) is 6.42 Å². The van der Waals surface area contributed by atoms with E-state index in [2.05, 4.69) is 11.1 Å². The highest BCUT2D eigenvalue weighted by Gasteiger charge is 1.97. The van der Waals surface area contributed by atoms with Crippen molar-refractivity contribution >= 4 is 0 Å².